The normalized spacial score (nSPS) is 10.3. The molecule has 0 unspecified atom stereocenters. The summed E-state index contributed by atoms with van der Waals surface area (Å²) in [7, 11) is 1.60. The van der Waals surface area contributed by atoms with E-state index in [1.54, 1.807) is 13.3 Å². The van der Waals surface area contributed by atoms with Crippen molar-refractivity contribution >= 4 is 5.82 Å². The van der Waals surface area contributed by atoms with Crippen molar-refractivity contribution in [3.63, 3.8) is 0 Å². The summed E-state index contributed by atoms with van der Waals surface area (Å²) in [5.41, 5.74) is 4.02. The highest BCUT2D eigenvalue weighted by Gasteiger charge is 2.11. The zero-order valence-corrected chi connectivity index (χ0v) is 11.7. The van der Waals surface area contributed by atoms with Crippen LogP contribution in [0.2, 0.25) is 0 Å². The van der Waals surface area contributed by atoms with Crippen LogP contribution in [0.25, 0.3) is 11.3 Å². The number of pyridine rings is 1. The molecule has 0 bridgehead atoms. The predicted octanol–water partition coefficient (Wildman–Crippen LogP) is 2.60. The summed E-state index contributed by atoms with van der Waals surface area (Å²) in [5.74, 6) is 1.43. The van der Waals surface area contributed by atoms with Crippen LogP contribution < -0.4 is 10.1 Å². The Balaban J connectivity index is 2.41. The Morgan fingerprint density at radius 1 is 1.16 bits per heavy atom. The molecule has 2 aromatic heterocycles. The Hall–Kier alpha value is -2.17. The fraction of sp³-hybridized carbons (Fsp3) is 0.357. The maximum absolute atomic E-state index is 5.05. The molecule has 5 heteroatoms. The van der Waals surface area contributed by atoms with Crippen molar-refractivity contribution in [2.45, 2.75) is 20.8 Å². The molecule has 0 atom stereocenters. The summed E-state index contributed by atoms with van der Waals surface area (Å²) >= 11 is 0. The van der Waals surface area contributed by atoms with Crippen LogP contribution in [0.3, 0.4) is 0 Å². The molecule has 2 aromatic rings. The number of anilines is 1. The molecule has 0 fully saturated rings. The largest absolute Gasteiger partial charge is 0.481 e. The van der Waals surface area contributed by atoms with Gasteiger partial charge in [0.2, 0.25) is 5.88 Å². The maximum Gasteiger partial charge on any atom is 0.212 e. The summed E-state index contributed by atoms with van der Waals surface area (Å²) in [6.07, 6.45) is 1.75. The Labute approximate surface area is 113 Å². The summed E-state index contributed by atoms with van der Waals surface area (Å²) < 4.78 is 5.05. The topological polar surface area (TPSA) is 59.9 Å². The van der Waals surface area contributed by atoms with Crippen LogP contribution in [-0.4, -0.2) is 28.8 Å². The number of hydrogen-bond acceptors (Lipinski definition) is 5. The van der Waals surface area contributed by atoms with Gasteiger partial charge < -0.3 is 10.1 Å². The van der Waals surface area contributed by atoms with Gasteiger partial charge in [-0.25, -0.2) is 4.98 Å². The van der Waals surface area contributed by atoms with Gasteiger partial charge >= 0.3 is 0 Å². The first-order valence-electron chi connectivity index (χ1n) is 6.25. The van der Waals surface area contributed by atoms with E-state index in [0.717, 1.165) is 34.7 Å². The molecular formula is C14H18N4O. The van der Waals surface area contributed by atoms with E-state index >= 15 is 0 Å². The standard InChI is InChI=1S/C14H18N4O/c1-5-15-14-10(3)9(2)13(17-18-14)11-6-7-12(19-4)16-8-11/h6-8H,5H2,1-4H3,(H,15,18). The molecule has 0 aliphatic rings. The van der Waals surface area contributed by atoms with E-state index in [2.05, 4.69) is 20.5 Å². The molecule has 5 nitrogen and oxygen atoms in total. The van der Waals surface area contributed by atoms with E-state index < -0.39 is 0 Å². The van der Waals surface area contributed by atoms with E-state index in [-0.39, 0.29) is 0 Å². The second-order valence-electron chi connectivity index (χ2n) is 4.27. The van der Waals surface area contributed by atoms with Crippen LogP contribution in [0, 0.1) is 13.8 Å². The zero-order chi connectivity index (χ0) is 13.8. The third-order valence-corrected chi connectivity index (χ3v) is 3.09. The zero-order valence-electron chi connectivity index (χ0n) is 11.7. The lowest BCUT2D eigenvalue weighted by Crippen LogP contribution is -2.06. The molecule has 100 valence electrons. The lowest BCUT2D eigenvalue weighted by Gasteiger charge is -2.11. The Morgan fingerprint density at radius 2 is 1.95 bits per heavy atom. The van der Waals surface area contributed by atoms with Crippen LogP contribution in [0.5, 0.6) is 5.88 Å². The van der Waals surface area contributed by atoms with Crippen molar-refractivity contribution < 1.29 is 4.74 Å². The van der Waals surface area contributed by atoms with Gasteiger partial charge in [0, 0.05) is 24.4 Å². The van der Waals surface area contributed by atoms with Gasteiger partial charge in [-0.1, -0.05) is 0 Å². The minimum absolute atomic E-state index is 0.593. The summed E-state index contributed by atoms with van der Waals surface area (Å²) in [6, 6.07) is 3.76. The monoisotopic (exact) mass is 258 g/mol. The van der Waals surface area contributed by atoms with Gasteiger partial charge in [0.1, 0.15) is 0 Å². The second-order valence-corrected chi connectivity index (χ2v) is 4.27. The SMILES string of the molecule is CCNc1nnc(-c2ccc(OC)nc2)c(C)c1C. The maximum atomic E-state index is 5.05. The van der Waals surface area contributed by atoms with Crippen molar-refractivity contribution in [1.82, 2.24) is 15.2 Å². The molecule has 0 aliphatic carbocycles. The predicted molar refractivity (Wildman–Crippen MR) is 75.5 cm³/mol. The highest BCUT2D eigenvalue weighted by Crippen LogP contribution is 2.26. The number of rotatable bonds is 4. The molecular weight excluding hydrogens is 240 g/mol. The van der Waals surface area contributed by atoms with Crippen molar-refractivity contribution in [3.05, 3.63) is 29.5 Å². The van der Waals surface area contributed by atoms with Crippen LogP contribution in [-0.2, 0) is 0 Å². The molecule has 0 saturated heterocycles. The average Bonchev–Trinajstić information content (AvgIpc) is 2.45. The van der Waals surface area contributed by atoms with Crippen molar-refractivity contribution in [2.24, 2.45) is 0 Å². The Morgan fingerprint density at radius 3 is 2.53 bits per heavy atom. The molecule has 1 N–H and O–H groups in total. The van der Waals surface area contributed by atoms with Crippen molar-refractivity contribution in [1.29, 1.82) is 0 Å². The smallest absolute Gasteiger partial charge is 0.212 e. The van der Waals surface area contributed by atoms with Gasteiger partial charge in [-0.15, -0.1) is 10.2 Å². The number of nitrogens with one attached hydrogen (secondary N) is 1. The Bertz CT molecular complexity index is 566. The molecule has 19 heavy (non-hydrogen) atoms. The van der Waals surface area contributed by atoms with E-state index in [0.29, 0.717) is 5.88 Å². The van der Waals surface area contributed by atoms with E-state index in [9.17, 15) is 0 Å². The lowest BCUT2D eigenvalue weighted by molar-refractivity contribution is 0.398. The highest BCUT2D eigenvalue weighted by atomic mass is 16.5. The number of methoxy groups -OCH3 is 1. The third kappa shape index (κ3) is 2.65. The highest BCUT2D eigenvalue weighted by molar-refractivity contribution is 5.65. The molecule has 2 rings (SSSR count). The summed E-state index contributed by atoms with van der Waals surface area (Å²) in [4.78, 5) is 4.20. The van der Waals surface area contributed by atoms with Gasteiger partial charge in [-0.3, -0.25) is 0 Å². The fourth-order valence-electron chi connectivity index (χ4n) is 1.86. The van der Waals surface area contributed by atoms with Crippen LogP contribution in [0.4, 0.5) is 5.82 Å². The van der Waals surface area contributed by atoms with E-state index in [4.69, 9.17) is 4.74 Å². The van der Waals surface area contributed by atoms with Gasteiger partial charge in [-0.2, -0.15) is 0 Å². The van der Waals surface area contributed by atoms with Crippen molar-refractivity contribution in [3.8, 4) is 17.1 Å². The van der Waals surface area contributed by atoms with Crippen LogP contribution in [0.15, 0.2) is 18.3 Å². The number of aromatic nitrogens is 3. The number of ether oxygens (including phenoxy) is 1. The Kier molecular flexibility index (Phi) is 3.94. The minimum atomic E-state index is 0.593. The average molecular weight is 258 g/mol. The van der Waals surface area contributed by atoms with Gasteiger partial charge in [0.25, 0.3) is 0 Å². The fourth-order valence-corrected chi connectivity index (χ4v) is 1.86. The lowest BCUT2D eigenvalue weighted by atomic mass is 10.1. The molecule has 0 aliphatic heterocycles. The second kappa shape index (κ2) is 5.65. The van der Waals surface area contributed by atoms with Crippen molar-refractivity contribution in [2.75, 3.05) is 19.0 Å². The number of hydrogen-bond donors (Lipinski definition) is 1. The van der Waals surface area contributed by atoms with E-state index in [1.807, 2.05) is 32.9 Å². The molecule has 0 saturated carbocycles. The first-order valence-corrected chi connectivity index (χ1v) is 6.25. The molecule has 0 spiro atoms. The first kappa shape index (κ1) is 13.3. The number of nitrogens with zero attached hydrogens (tertiary/aromatic N) is 3. The van der Waals surface area contributed by atoms with Crippen LogP contribution in [0.1, 0.15) is 18.1 Å². The minimum Gasteiger partial charge on any atom is -0.481 e. The molecule has 0 radical (unpaired) electrons. The van der Waals surface area contributed by atoms with Crippen LogP contribution >= 0.6 is 0 Å². The first-order chi connectivity index (χ1) is 9.17. The third-order valence-electron chi connectivity index (χ3n) is 3.09. The van der Waals surface area contributed by atoms with Gasteiger partial charge in [0.05, 0.1) is 12.8 Å². The van der Waals surface area contributed by atoms with Gasteiger partial charge in [-0.05, 0) is 38.0 Å². The molecule has 0 aromatic carbocycles. The summed E-state index contributed by atoms with van der Waals surface area (Å²) in [6.45, 7) is 6.96. The van der Waals surface area contributed by atoms with E-state index in [1.165, 1.54) is 0 Å². The van der Waals surface area contributed by atoms with Gasteiger partial charge in [0.15, 0.2) is 5.82 Å². The molecule has 2 heterocycles. The summed E-state index contributed by atoms with van der Waals surface area (Å²) in [5, 5.41) is 11.7. The molecule has 0 amide bonds. The quantitative estimate of drug-likeness (QED) is 0.913.